The van der Waals surface area contributed by atoms with Gasteiger partial charge in [0.2, 0.25) is 0 Å². The number of unbranched alkanes of at least 4 members (excludes halogenated alkanes) is 18. The Bertz CT molecular complexity index is 4840. The van der Waals surface area contributed by atoms with Crippen molar-refractivity contribution < 1.29 is 0 Å². The van der Waals surface area contributed by atoms with E-state index in [0.29, 0.717) is 0 Å². The topological polar surface area (TPSA) is 0 Å². The molecule has 0 unspecified atom stereocenters. The molecule has 0 N–H and O–H groups in total. The van der Waals surface area contributed by atoms with Crippen LogP contribution in [0.2, 0.25) is 0 Å². The van der Waals surface area contributed by atoms with E-state index in [1.54, 1.807) is 0 Å². The highest BCUT2D eigenvalue weighted by atomic mass is 32.1. The maximum Gasteiger partial charge on any atom is 0.0449 e. The normalized spacial score (nSPS) is 11.9. The van der Waals surface area contributed by atoms with Gasteiger partial charge in [0.25, 0.3) is 0 Å². The monoisotopic (exact) mass is 1720 g/mol. The molecule has 0 aliphatic rings. The van der Waals surface area contributed by atoms with Crippen molar-refractivity contribution in [3.05, 3.63) is 211 Å². The third-order valence-electron chi connectivity index (χ3n) is 22.7. The summed E-state index contributed by atoms with van der Waals surface area (Å²) in [6, 6.07) is 74.3. The van der Waals surface area contributed by atoms with Gasteiger partial charge < -0.3 is 0 Å². The first-order valence-electron chi connectivity index (χ1n) is 42.9. The summed E-state index contributed by atoms with van der Waals surface area (Å²) in [6.07, 6.45) is 37.7. The van der Waals surface area contributed by atoms with Gasteiger partial charge in [0.1, 0.15) is 0 Å². The van der Waals surface area contributed by atoms with Crippen molar-refractivity contribution in [3.8, 4) is 121 Å². The van der Waals surface area contributed by atoms with E-state index >= 15 is 0 Å². The second-order valence-electron chi connectivity index (χ2n) is 31.3. The Hall–Kier alpha value is -5.94. The average molecular weight is 1720 g/mol. The summed E-state index contributed by atoms with van der Waals surface area (Å²) in [5.41, 5.74) is 7.87. The Balaban J connectivity index is 0.935. The Kier molecular flexibility index (Phi) is 28.5. The first kappa shape index (κ1) is 81.8. The van der Waals surface area contributed by atoms with Crippen molar-refractivity contribution in [1.82, 2.24) is 0 Å². The quantitative estimate of drug-likeness (QED) is 0.0264. The van der Waals surface area contributed by atoms with E-state index in [0.717, 1.165) is 38.5 Å². The van der Waals surface area contributed by atoms with Gasteiger partial charge in [-0.05, 0) is 291 Å². The van der Waals surface area contributed by atoms with Crippen LogP contribution in [0.3, 0.4) is 0 Å². The predicted octanol–water partition coefficient (Wildman–Crippen LogP) is 38.6. The smallest absolute Gasteiger partial charge is 0.0449 e. The molecule has 0 spiro atoms. The summed E-state index contributed by atoms with van der Waals surface area (Å²) >= 11 is 23.9. The largest absolute Gasteiger partial charge is 0.139 e. The van der Waals surface area contributed by atoms with Crippen molar-refractivity contribution in [2.24, 2.45) is 0 Å². The van der Waals surface area contributed by atoms with Crippen LogP contribution in [0.1, 0.15) is 225 Å². The van der Waals surface area contributed by atoms with Gasteiger partial charge in [-0.1, -0.05) is 157 Å². The number of rotatable bonds is 42. The summed E-state index contributed by atoms with van der Waals surface area (Å²) in [4.78, 5) is 33.4. The Morgan fingerprint density at radius 1 is 0.140 bits per heavy atom. The molecule has 16 aromatic rings. The molecule has 0 radical (unpaired) electrons. The number of aryl methyl sites for hydroxylation is 6. The van der Waals surface area contributed by atoms with Gasteiger partial charge in [0.05, 0.1) is 0 Å². The molecule has 0 nitrogen and oxygen atoms in total. The van der Waals surface area contributed by atoms with Crippen molar-refractivity contribution >= 4 is 168 Å². The van der Waals surface area contributed by atoms with Crippen LogP contribution in [0.25, 0.3) is 153 Å². The highest BCUT2D eigenvalue weighted by Crippen LogP contribution is 2.55. The van der Waals surface area contributed by atoms with E-state index in [2.05, 4.69) is 224 Å². The predicted molar refractivity (Wildman–Crippen MR) is 526 cm³/mol. The first-order valence-corrected chi connectivity index (χ1v) is 52.7. The van der Waals surface area contributed by atoms with Crippen molar-refractivity contribution in [3.63, 3.8) is 0 Å². The summed E-state index contributed by atoms with van der Waals surface area (Å²) in [5.74, 6) is 0. The minimum absolute atomic E-state index is 1.16. The van der Waals surface area contributed by atoms with Gasteiger partial charge in [0, 0.05) is 150 Å². The van der Waals surface area contributed by atoms with E-state index in [1.165, 1.54) is 337 Å². The molecule has 0 saturated heterocycles. The second-order valence-corrected chi connectivity index (χ2v) is 44.8. The fourth-order valence-corrected chi connectivity index (χ4v) is 29.3. The van der Waals surface area contributed by atoms with Crippen LogP contribution in [0.4, 0.5) is 0 Å². The molecule has 16 rings (SSSR count). The standard InChI is InChI=1S/C102H108S12/c1-7-13-19-25-31-67-37-43-91(103-67)97-55-49-85(109-97)79-61-73-74(62-80(79)86-50-56-98(110-86)92-44-38-68(104-92)32-26-20-14-8-2)76-64-82(88-52-58-100(112-88)94-46-40-70(106-94)34-28-22-16-10-4)84(90-54-60-102(114-90)96-48-42-72(108-96)36-30-24-18-12-6)66-78(76)77-65-83(89-53-59-101(113-89)95-47-41-71(107-95)35-29-23-17-11-5)81(63-75(73)77)87-51-57-99(111-87)93-45-39-69(105-93)33-27-21-15-9-3/h37-66H,7-36H2,1-6H3. The van der Waals surface area contributed by atoms with Crippen LogP contribution in [0.15, 0.2) is 182 Å². The lowest BCUT2D eigenvalue weighted by atomic mass is 9.86. The van der Waals surface area contributed by atoms with Crippen LogP contribution in [-0.2, 0) is 38.5 Å². The lowest BCUT2D eigenvalue weighted by Crippen LogP contribution is -1.92. The lowest BCUT2D eigenvalue weighted by molar-refractivity contribution is 0.670. The number of hydrogen-bond acceptors (Lipinski definition) is 12. The molecule has 114 heavy (non-hydrogen) atoms. The molecular weight excluding hydrogens is 1610 g/mol. The summed E-state index contributed by atoms with van der Waals surface area (Å²) in [7, 11) is 0. The van der Waals surface area contributed by atoms with E-state index in [-0.39, 0.29) is 0 Å². The third kappa shape index (κ3) is 19.3. The fraction of sp³-hybridized carbons (Fsp3) is 0.353. The molecule has 12 heteroatoms. The summed E-state index contributed by atoms with van der Waals surface area (Å²) < 4.78 is 0. The zero-order chi connectivity index (χ0) is 77.7. The van der Waals surface area contributed by atoms with Gasteiger partial charge in [-0.2, -0.15) is 0 Å². The van der Waals surface area contributed by atoms with Gasteiger partial charge in [-0.15, -0.1) is 136 Å². The van der Waals surface area contributed by atoms with Gasteiger partial charge >= 0.3 is 0 Å². The minimum Gasteiger partial charge on any atom is -0.139 e. The van der Waals surface area contributed by atoms with Crippen LogP contribution in [-0.4, -0.2) is 0 Å². The number of fused-ring (bicyclic) bond motifs is 6. The maximum atomic E-state index is 2.67. The molecule has 0 atom stereocenters. The first-order chi connectivity index (χ1) is 56.2. The summed E-state index contributed by atoms with van der Waals surface area (Å²) in [5, 5.41) is 7.86. The Labute approximate surface area is 727 Å². The molecule has 4 aromatic carbocycles. The number of thiophene rings is 12. The Morgan fingerprint density at radius 3 is 0.421 bits per heavy atom. The lowest BCUT2D eigenvalue weighted by Gasteiger charge is -2.19. The van der Waals surface area contributed by atoms with E-state index < -0.39 is 0 Å². The molecule has 0 bridgehead atoms. The molecule has 588 valence electrons. The molecule has 0 aliphatic heterocycles. The van der Waals surface area contributed by atoms with E-state index in [9.17, 15) is 0 Å². The van der Waals surface area contributed by atoms with Gasteiger partial charge in [-0.25, -0.2) is 0 Å². The molecule has 12 heterocycles. The zero-order valence-electron chi connectivity index (χ0n) is 67.4. The van der Waals surface area contributed by atoms with E-state index in [4.69, 9.17) is 0 Å². The van der Waals surface area contributed by atoms with Crippen LogP contribution >= 0.6 is 136 Å². The van der Waals surface area contributed by atoms with Crippen molar-refractivity contribution in [2.45, 2.75) is 234 Å². The molecule has 0 amide bonds. The molecule has 12 aromatic heterocycles. The van der Waals surface area contributed by atoms with Gasteiger partial charge in [-0.3, -0.25) is 0 Å². The molecule has 0 fully saturated rings. The highest BCUT2D eigenvalue weighted by Gasteiger charge is 2.26. The fourth-order valence-electron chi connectivity index (χ4n) is 16.3. The van der Waals surface area contributed by atoms with E-state index in [1.807, 2.05) is 136 Å². The number of hydrogen-bond donors (Lipinski definition) is 0. The molecular formula is C102H108S12. The van der Waals surface area contributed by atoms with Crippen molar-refractivity contribution in [2.75, 3.05) is 0 Å². The SMILES string of the molecule is CCCCCCc1ccc(-c2ccc(-c3cc4c5cc(-c6ccc(-c7ccc(CCCCCC)s7)s6)c(-c6ccc(-c7ccc(CCCCCC)s7)s6)cc5c5cc(-c6ccc(-c7ccc(CCCCCC)s7)s6)c(-c6ccc(-c7ccc(CCCCCC)s7)s6)cc5c4cc3-c3ccc(-c4ccc(CCCCCC)s4)s3)s2)s1. The van der Waals surface area contributed by atoms with Crippen LogP contribution < -0.4 is 0 Å². The zero-order valence-corrected chi connectivity index (χ0v) is 77.2. The number of benzene rings is 4. The minimum atomic E-state index is 1.16. The maximum absolute atomic E-state index is 2.67. The van der Waals surface area contributed by atoms with Crippen LogP contribution in [0.5, 0.6) is 0 Å². The van der Waals surface area contributed by atoms with Gasteiger partial charge in [0.15, 0.2) is 0 Å². The van der Waals surface area contributed by atoms with Crippen LogP contribution in [0, 0.1) is 0 Å². The highest BCUT2D eigenvalue weighted by molar-refractivity contribution is 7.27. The summed E-state index contributed by atoms with van der Waals surface area (Å²) in [6.45, 7) is 13.9. The van der Waals surface area contributed by atoms with Crippen molar-refractivity contribution in [1.29, 1.82) is 0 Å². The molecule has 0 saturated carbocycles. The third-order valence-corrected chi connectivity index (χ3v) is 37.4. The molecule has 0 aliphatic carbocycles. The second kappa shape index (κ2) is 39.7. The average Bonchev–Trinajstić information content (AvgIpc) is 1.20. The Morgan fingerprint density at radius 2 is 0.272 bits per heavy atom.